The minimum absolute atomic E-state index is 0.00119. The molecule has 0 aliphatic carbocycles. The van der Waals surface area contributed by atoms with Crippen LogP contribution in [0.4, 0.5) is 11.5 Å². The van der Waals surface area contributed by atoms with Gasteiger partial charge in [0.15, 0.2) is 0 Å². The number of aromatic nitrogens is 2. The highest BCUT2D eigenvalue weighted by molar-refractivity contribution is 5.94. The van der Waals surface area contributed by atoms with Crippen LogP contribution < -0.4 is 19.7 Å². The van der Waals surface area contributed by atoms with Crippen molar-refractivity contribution < 1.29 is 18.7 Å². The van der Waals surface area contributed by atoms with Crippen molar-refractivity contribution in [2.24, 2.45) is 5.92 Å². The summed E-state index contributed by atoms with van der Waals surface area (Å²) in [6.45, 7) is 5.45. The molecule has 0 unspecified atom stereocenters. The van der Waals surface area contributed by atoms with Gasteiger partial charge in [-0.2, -0.15) is 0 Å². The molecule has 3 heterocycles. The summed E-state index contributed by atoms with van der Waals surface area (Å²) in [5.41, 5.74) is 2.32. The highest BCUT2D eigenvalue weighted by atomic mass is 16.5. The Morgan fingerprint density at radius 1 is 1.17 bits per heavy atom. The molecule has 1 amide bonds. The van der Waals surface area contributed by atoms with Crippen molar-refractivity contribution >= 4 is 28.5 Å². The fourth-order valence-electron chi connectivity index (χ4n) is 3.89. The third-order valence-electron chi connectivity index (χ3n) is 5.78. The molecule has 8 heteroatoms. The number of aryl methyl sites for hydroxylation is 2. The number of furan rings is 1. The maximum atomic E-state index is 12.8. The van der Waals surface area contributed by atoms with E-state index in [1.165, 1.54) is 6.33 Å². The van der Waals surface area contributed by atoms with Gasteiger partial charge in [0.05, 0.1) is 25.3 Å². The van der Waals surface area contributed by atoms with Gasteiger partial charge in [0.25, 0.3) is 0 Å². The fourth-order valence-corrected chi connectivity index (χ4v) is 3.89. The molecule has 8 nitrogen and oxygen atoms in total. The van der Waals surface area contributed by atoms with Gasteiger partial charge in [-0.15, -0.1) is 0 Å². The molecular weight excluding hydrogens is 384 g/mol. The van der Waals surface area contributed by atoms with Gasteiger partial charge in [0.2, 0.25) is 11.6 Å². The van der Waals surface area contributed by atoms with Crippen molar-refractivity contribution in [1.82, 2.24) is 9.97 Å². The number of nitrogens with one attached hydrogen (secondary N) is 1. The Balaban J connectivity index is 1.45. The van der Waals surface area contributed by atoms with Gasteiger partial charge < -0.3 is 24.1 Å². The highest BCUT2D eigenvalue weighted by Crippen LogP contribution is 2.34. The van der Waals surface area contributed by atoms with Crippen LogP contribution in [-0.2, 0) is 4.79 Å². The van der Waals surface area contributed by atoms with Gasteiger partial charge in [-0.1, -0.05) is 0 Å². The lowest BCUT2D eigenvalue weighted by Gasteiger charge is -2.32. The number of piperidine rings is 1. The van der Waals surface area contributed by atoms with Crippen LogP contribution in [-0.4, -0.2) is 43.2 Å². The summed E-state index contributed by atoms with van der Waals surface area (Å²) >= 11 is 0. The molecule has 1 fully saturated rings. The molecule has 1 aliphatic heterocycles. The van der Waals surface area contributed by atoms with Crippen LogP contribution in [0.1, 0.15) is 24.2 Å². The van der Waals surface area contributed by atoms with E-state index < -0.39 is 0 Å². The minimum Gasteiger partial charge on any atom is -0.497 e. The molecule has 158 valence electrons. The first-order valence-corrected chi connectivity index (χ1v) is 10.00. The number of benzene rings is 1. The monoisotopic (exact) mass is 410 g/mol. The van der Waals surface area contributed by atoms with E-state index in [4.69, 9.17) is 13.9 Å². The van der Waals surface area contributed by atoms with E-state index >= 15 is 0 Å². The second-order valence-electron chi connectivity index (χ2n) is 7.48. The third kappa shape index (κ3) is 3.65. The Bertz CT molecular complexity index is 1070. The molecule has 30 heavy (non-hydrogen) atoms. The van der Waals surface area contributed by atoms with Gasteiger partial charge >= 0.3 is 0 Å². The van der Waals surface area contributed by atoms with Gasteiger partial charge in [-0.25, -0.2) is 9.97 Å². The normalized spacial score (nSPS) is 14.7. The zero-order valence-corrected chi connectivity index (χ0v) is 17.7. The van der Waals surface area contributed by atoms with E-state index in [-0.39, 0.29) is 11.8 Å². The number of methoxy groups -OCH3 is 2. The maximum Gasteiger partial charge on any atom is 0.231 e. The summed E-state index contributed by atoms with van der Waals surface area (Å²) in [4.78, 5) is 23.8. The van der Waals surface area contributed by atoms with E-state index in [9.17, 15) is 4.79 Å². The number of anilines is 2. The number of rotatable bonds is 5. The number of carbonyl (C=O) groups excluding carboxylic acids is 1. The SMILES string of the molecule is COc1ccc(NC(=O)C2CCN(c3ncnc4oc(C)c(C)c34)CC2)c(OC)c1. The molecule has 0 spiro atoms. The van der Waals surface area contributed by atoms with Gasteiger partial charge in [0, 0.05) is 30.6 Å². The number of ether oxygens (including phenoxy) is 2. The van der Waals surface area contributed by atoms with E-state index in [0.717, 1.165) is 48.5 Å². The lowest BCUT2D eigenvalue weighted by atomic mass is 9.95. The molecule has 2 aromatic heterocycles. The molecule has 0 bridgehead atoms. The van der Waals surface area contributed by atoms with Crippen LogP contribution in [0.15, 0.2) is 28.9 Å². The minimum atomic E-state index is -0.0717. The van der Waals surface area contributed by atoms with E-state index in [0.29, 0.717) is 22.9 Å². The first kappa shape index (κ1) is 20.0. The lowest BCUT2D eigenvalue weighted by molar-refractivity contribution is -0.120. The summed E-state index contributed by atoms with van der Waals surface area (Å²) in [5, 5.41) is 3.96. The van der Waals surface area contributed by atoms with Crippen LogP contribution in [0.5, 0.6) is 11.5 Å². The smallest absolute Gasteiger partial charge is 0.231 e. The molecule has 4 rings (SSSR count). The second kappa shape index (κ2) is 8.22. The Labute approximate surface area is 175 Å². The largest absolute Gasteiger partial charge is 0.497 e. The van der Waals surface area contributed by atoms with Gasteiger partial charge in [-0.3, -0.25) is 4.79 Å². The molecule has 0 radical (unpaired) electrons. The molecule has 1 saturated heterocycles. The molecule has 3 aromatic rings. The molecule has 1 N–H and O–H groups in total. The van der Waals surface area contributed by atoms with Crippen LogP contribution >= 0.6 is 0 Å². The molecular formula is C22H26N4O4. The van der Waals surface area contributed by atoms with Gasteiger partial charge in [0.1, 0.15) is 29.4 Å². The first-order chi connectivity index (χ1) is 14.5. The van der Waals surface area contributed by atoms with E-state index in [1.807, 2.05) is 13.8 Å². The average Bonchev–Trinajstić information content (AvgIpc) is 3.07. The van der Waals surface area contributed by atoms with Crippen molar-refractivity contribution in [3.8, 4) is 11.5 Å². The van der Waals surface area contributed by atoms with Crippen molar-refractivity contribution in [3.05, 3.63) is 35.9 Å². The first-order valence-electron chi connectivity index (χ1n) is 10.00. The number of nitrogens with zero attached hydrogens (tertiary/aromatic N) is 3. The topological polar surface area (TPSA) is 89.7 Å². The van der Waals surface area contributed by atoms with Crippen molar-refractivity contribution in [2.75, 3.05) is 37.5 Å². The van der Waals surface area contributed by atoms with Crippen molar-refractivity contribution in [1.29, 1.82) is 0 Å². The van der Waals surface area contributed by atoms with Crippen LogP contribution in [0, 0.1) is 19.8 Å². The molecule has 1 aliphatic rings. The van der Waals surface area contributed by atoms with E-state index in [2.05, 4.69) is 20.2 Å². The lowest BCUT2D eigenvalue weighted by Crippen LogP contribution is -2.38. The maximum absolute atomic E-state index is 12.8. The van der Waals surface area contributed by atoms with E-state index in [1.54, 1.807) is 32.4 Å². The third-order valence-corrected chi connectivity index (χ3v) is 5.78. The van der Waals surface area contributed by atoms with Crippen molar-refractivity contribution in [3.63, 3.8) is 0 Å². The van der Waals surface area contributed by atoms with Crippen LogP contribution in [0.25, 0.3) is 11.1 Å². The number of hydrogen-bond donors (Lipinski definition) is 1. The standard InChI is InChI=1S/C22H26N4O4/c1-13-14(2)30-22-19(13)20(23-12-24-22)26-9-7-15(8-10-26)21(27)25-17-6-5-16(28-3)11-18(17)29-4/h5-6,11-12,15H,7-10H2,1-4H3,(H,25,27). The predicted molar refractivity (Wildman–Crippen MR) is 114 cm³/mol. The summed E-state index contributed by atoms with van der Waals surface area (Å²) < 4.78 is 16.3. The Morgan fingerprint density at radius 2 is 1.93 bits per heavy atom. The number of hydrogen-bond acceptors (Lipinski definition) is 7. The Kier molecular flexibility index (Phi) is 5.48. The quantitative estimate of drug-likeness (QED) is 0.686. The van der Waals surface area contributed by atoms with Crippen LogP contribution in [0.2, 0.25) is 0 Å². The molecule has 0 saturated carbocycles. The zero-order valence-electron chi connectivity index (χ0n) is 17.7. The number of fused-ring (bicyclic) bond motifs is 1. The Morgan fingerprint density at radius 3 is 2.63 bits per heavy atom. The molecule has 0 atom stereocenters. The van der Waals surface area contributed by atoms with Crippen LogP contribution in [0.3, 0.4) is 0 Å². The van der Waals surface area contributed by atoms with Gasteiger partial charge in [-0.05, 0) is 38.8 Å². The molecule has 1 aromatic carbocycles. The number of amides is 1. The summed E-state index contributed by atoms with van der Waals surface area (Å²) in [6.07, 6.45) is 3.02. The Hall–Kier alpha value is -3.29. The summed E-state index contributed by atoms with van der Waals surface area (Å²) in [7, 11) is 3.17. The summed E-state index contributed by atoms with van der Waals surface area (Å²) in [5.74, 6) is 2.92. The zero-order chi connectivity index (χ0) is 21.3. The number of carbonyl (C=O) groups is 1. The fraction of sp³-hybridized carbons (Fsp3) is 0.409. The van der Waals surface area contributed by atoms with Crippen molar-refractivity contribution in [2.45, 2.75) is 26.7 Å². The predicted octanol–water partition coefficient (Wildman–Crippen LogP) is 3.71. The summed E-state index contributed by atoms with van der Waals surface area (Å²) in [6, 6.07) is 5.36. The highest BCUT2D eigenvalue weighted by Gasteiger charge is 2.28. The average molecular weight is 410 g/mol. The second-order valence-corrected chi connectivity index (χ2v) is 7.48.